The molecule has 2 rings (SSSR count). The molecular weight excluding hydrogens is 615 g/mol. The van der Waals surface area contributed by atoms with Crippen molar-refractivity contribution < 1.29 is 65.3 Å². The maximum atomic E-state index is 11.6. The molecule has 19 nitrogen and oxygen atoms in total. The van der Waals surface area contributed by atoms with Crippen LogP contribution in [-0.4, -0.2) is 82.5 Å². The van der Waals surface area contributed by atoms with Gasteiger partial charge in [-0.2, -0.15) is 0 Å². The first-order valence-electron chi connectivity index (χ1n) is 9.40. The van der Waals surface area contributed by atoms with Crippen LogP contribution in [0.3, 0.4) is 0 Å². The van der Waals surface area contributed by atoms with E-state index in [0.29, 0.717) is 24.2 Å². The Morgan fingerprint density at radius 3 is 1.29 bits per heavy atom. The van der Waals surface area contributed by atoms with E-state index in [1.807, 2.05) is 0 Å². The minimum absolute atomic E-state index is 0. The van der Waals surface area contributed by atoms with Crippen molar-refractivity contribution in [3.8, 4) is 0 Å². The molecule has 2 aromatic rings. The van der Waals surface area contributed by atoms with E-state index in [1.165, 1.54) is 12.4 Å². The molecule has 2 aromatic heterocycles. The third-order valence-electron chi connectivity index (χ3n) is 2.88. The van der Waals surface area contributed by atoms with Crippen molar-refractivity contribution in [3.05, 3.63) is 90.8 Å². The third-order valence-corrected chi connectivity index (χ3v) is 2.88. The van der Waals surface area contributed by atoms with E-state index in [1.54, 1.807) is 36.7 Å². The van der Waals surface area contributed by atoms with Crippen molar-refractivity contribution in [2.45, 2.75) is 0 Å². The van der Waals surface area contributed by atoms with Gasteiger partial charge in [0.05, 0.1) is 34.5 Å². The molecule has 38 heavy (non-hydrogen) atoms. The van der Waals surface area contributed by atoms with Crippen LogP contribution in [0.1, 0.15) is 20.7 Å². The molecule has 0 amide bonds. The first-order chi connectivity index (χ1) is 16.6. The van der Waals surface area contributed by atoms with E-state index >= 15 is 0 Å². The van der Waals surface area contributed by atoms with Crippen LogP contribution in [-0.2, 0) is 34.6 Å². The summed E-state index contributed by atoms with van der Waals surface area (Å²) >= 11 is 0. The average Bonchev–Trinajstić information content (AvgIpc) is 2.83. The van der Waals surface area contributed by atoms with Gasteiger partial charge >= 0.3 is 32.4 Å². The zero-order valence-electron chi connectivity index (χ0n) is 19.6. The second-order valence-corrected chi connectivity index (χ2v) is 5.39. The predicted molar refractivity (Wildman–Crippen MR) is 126 cm³/mol. The third kappa shape index (κ3) is 32.1. The van der Waals surface area contributed by atoms with E-state index in [9.17, 15) is 9.59 Å². The van der Waals surface area contributed by atoms with E-state index < -0.39 is 22.1 Å². The van der Waals surface area contributed by atoms with Crippen molar-refractivity contribution >= 4 is 11.9 Å². The van der Waals surface area contributed by atoms with Crippen molar-refractivity contribution in [3.63, 3.8) is 0 Å². The average molecular weight is 643 g/mol. The zero-order valence-corrected chi connectivity index (χ0v) is 21.2. The maximum absolute atomic E-state index is 11.6. The minimum Gasteiger partial charge on any atom is -0.460 e. The summed E-state index contributed by atoms with van der Waals surface area (Å²) in [5.74, 6) is -0.908. The summed E-state index contributed by atoms with van der Waals surface area (Å²) in [5.41, 5.74) is 10.6. The van der Waals surface area contributed by atoms with Crippen LogP contribution in [0, 0.1) is 30.6 Å². The van der Waals surface area contributed by atoms with Crippen LogP contribution in [0.4, 0.5) is 0 Å². The summed E-state index contributed by atoms with van der Waals surface area (Å²) in [7, 11) is 0. The molecule has 0 fully saturated rings. The van der Waals surface area contributed by atoms with Gasteiger partial charge in [-0.15, -0.1) is 0 Å². The summed E-state index contributed by atoms with van der Waals surface area (Å²) in [5, 5.41) is 29.5. The van der Waals surface area contributed by atoms with E-state index in [0.717, 1.165) is 0 Å². The van der Waals surface area contributed by atoms with Gasteiger partial charge in [-0.3, -0.25) is 9.97 Å². The van der Waals surface area contributed by atoms with Crippen LogP contribution in [0.25, 0.3) is 0 Å². The quantitative estimate of drug-likeness (QED) is 0.101. The molecule has 0 aromatic carbocycles. The molecule has 0 atom stereocenters. The molecule has 8 N–H and O–H groups in total. The van der Waals surface area contributed by atoms with Crippen LogP contribution >= 0.6 is 0 Å². The fourth-order valence-corrected chi connectivity index (χ4v) is 1.62. The number of hydrogen-bond acceptors (Lipinski definition) is 15. The van der Waals surface area contributed by atoms with Crippen LogP contribution < -0.4 is 11.5 Å². The monoisotopic (exact) mass is 642 g/mol. The van der Waals surface area contributed by atoms with Crippen molar-refractivity contribution in [1.82, 2.24) is 9.97 Å². The molecule has 0 unspecified atom stereocenters. The maximum Gasteiger partial charge on any atom is 2.00 e. The molecule has 218 valence electrons. The Kier molecular flexibility index (Phi) is 36.1. The molecule has 0 aliphatic carbocycles. The number of nitrogens with zero attached hydrogens (tertiary/aromatic N) is 4. The standard InChI is InChI=1S/C16H16N2O5.C2H8N2.2NO3.2H2O.Pd/c19-15(13-3-1-5-17-11-13)22-9-7-21-8-10-23-16(20)14-4-2-6-18-12-14;3-1-2-4;2*2-1(3)4;;;/h1-6,11-12H,7-10H2;1-4H2;;;2*1H2;/q;;2*-1;;;+2. The van der Waals surface area contributed by atoms with Gasteiger partial charge in [-0.1, -0.05) is 0 Å². The van der Waals surface area contributed by atoms with Gasteiger partial charge in [-0.05, 0) is 24.3 Å². The Balaban J connectivity index is -0.000000205. The largest absolute Gasteiger partial charge is 2.00 e. The Morgan fingerprint density at radius 1 is 0.737 bits per heavy atom. The fraction of sp³-hybridized carbons (Fsp3) is 0.333. The van der Waals surface area contributed by atoms with E-state index in [2.05, 4.69) is 9.97 Å². The van der Waals surface area contributed by atoms with Gasteiger partial charge in [0, 0.05) is 37.9 Å². The van der Waals surface area contributed by atoms with Gasteiger partial charge in [-0.25, -0.2) is 9.59 Å². The molecule has 0 radical (unpaired) electrons. The second-order valence-electron chi connectivity index (χ2n) is 5.39. The summed E-state index contributed by atoms with van der Waals surface area (Å²) in [6.07, 6.45) is 6.02. The number of ether oxygens (including phenoxy) is 3. The Bertz CT molecular complexity index is 776. The number of nitrogens with two attached hydrogens (primary N) is 2. The van der Waals surface area contributed by atoms with Gasteiger partial charge in [0.15, 0.2) is 0 Å². The van der Waals surface area contributed by atoms with Crippen LogP contribution in [0.5, 0.6) is 0 Å². The number of rotatable bonds is 9. The molecular formula is C18H28N6O13Pd. The SMILES string of the molecule is NCCN.O.O.O=C(OCCOCCOC(=O)c1cccnc1)c1cccnc1.O=[N+]([O-])[O-].O=[N+]([O-])[O-].[Pd+2]. The molecule has 0 saturated carbocycles. The van der Waals surface area contributed by atoms with Gasteiger partial charge < -0.3 is 67.3 Å². The van der Waals surface area contributed by atoms with Crippen molar-refractivity contribution in [2.75, 3.05) is 39.5 Å². The summed E-state index contributed by atoms with van der Waals surface area (Å²) < 4.78 is 15.2. The van der Waals surface area contributed by atoms with Crippen LogP contribution in [0.2, 0.25) is 0 Å². The minimum atomic E-state index is -1.75. The fourth-order valence-electron chi connectivity index (χ4n) is 1.62. The van der Waals surface area contributed by atoms with Crippen LogP contribution in [0.15, 0.2) is 49.1 Å². The molecule has 2 heterocycles. The number of carbonyl (C=O) groups is 2. The topological polar surface area (TPSA) is 335 Å². The molecule has 0 saturated heterocycles. The number of esters is 2. The molecule has 0 spiro atoms. The van der Waals surface area contributed by atoms with E-state index in [4.69, 9.17) is 56.3 Å². The zero-order chi connectivity index (χ0) is 26.9. The smallest absolute Gasteiger partial charge is 0.460 e. The Labute approximate surface area is 229 Å². The molecule has 0 bridgehead atoms. The van der Waals surface area contributed by atoms with Gasteiger partial charge in [0.25, 0.3) is 0 Å². The van der Waals surface area contributed by atoms with Crippen molar-refractivity contribution in [2.24, 2.45) is 11.5 Å². The number of hydrogen-bond donors (Lipinski definition) is 2. The first kappa shape index (κ1) is 44.1. The van der Waals surface area contributed by atoms with Gasteiger partial charge in [0.2, 0.25) is 0 Å². The summed E-state index contributed by atoms with van der Waals surface area (Å²) in [4.78, 5) is 47.3. The number of carbonyl (C=O) groups excluding carboxylic acids is 2. The van der Waals surface area contributed by atoms with Gasteiger partial charge in [0.1, 0.15) is 13.2 Å². The number of aromatic nitrogens is 2. The summed E-state index contributed by atoms with van der Waals surface area (Å²) in [6.45, 7) is 1.86. The van der Waals surface area contributed by atoms with Crippen molar-refractivity contribution in [1.29, 1.82) is 0 Å². The molecule has 0 aliphatic rings. The molecule has 0 aliphatic heterocycles. The summed E-state index contributed by atoms with van der Waals surface area (Å²) in [6, 6.07) is 6.55. The molecule has 20 heteroatoms. The normalized spacial score (nSPS) is 8.16. The Hall–Kier alpha value is -3.90. The second kappa shape index (κ2) is 31.1. The first-order valence-corrected chi connectivity index (χ1v) is 9.40. The number of pyridine rings is 2. The Morgan fingerprint density at radius 2 is 1.05 bits per heavy atom. The predicted octanol–water partition coefficient (Wildman–Crippen LogP) is -1.72. The van der Waals surface area contributed by atoms with E-state index in [-0.39, 0.29) is 57.8 Å².